The van der Waals surface area contributed by atoms with Crippen molar-refractivity contribution in [2.24, 2.45) is 0 Å². The third kappa shape index (κ3) is 2.93. The van der Waals surface area contributed by atoms with E-state index in [2.05, 4.69) is 15.0 Å². The number of benzene rings is 1. The summed E-state index contributed by atoms with van der Waals surface area (Å²) in [5.74, 6) is 0.446. The smallest absolute Gasteiger partial charge is 0.266 e. The lowest BCUT2D eigenvalue weighted by molar-refractivity contribution is 0.0605. The second-order valence-corrected chi connectivity index (χ2v) is 7.64. The molecule has 1 atom stereocenters. The molecule has 0 saturated carbocycles. The van der Waals surface area contributed by atoms with E-state index >= 15 is 0 Å². The highest BCUT2D eigenvalue weighted by molar-refractivity contribution is 7.13. The standard InChI is InChI=1S/C18H19FN4OS/c1-10-16(25-11(2)20-10)18(24)23-8-4-3-5-15(23)17-21-13-7-6-12(19)9-14(13)22-17/h6-7,9,15H,3-5,8H2,1-2H3,(H,21,22)/t15-/m1/s1. The van der Waals surface area contributed by atoms with Gasteiger partial charge in [0.15, 0.2) is 0 Å². The molecule has 5 nitrogen and oxygen atoms in total. The number of nitrogens with one attached hydrogen (secondary N) is 1. The Balaban J connectivity index is 1.70. The lowest BCUT2D eigenvalue weighted by Crippen LogP contribution is -2.38. The van der Waals surface area contributed by atoms with Crippen molar-refractivity contribution in [2.45, 2.75) is 39.2 Å². The van der Waals surface area contributed by atoms with Crippen LogP contribution in [0.5, 0.6) is 0 Å². The SMILES string of the molecule is Cc1nc(C)c(C(=O)N2CCCC[C@@H]2c2nc3ccc(F)cc3[nH]2)s1. The van der Waals surface area contributed by atoms with Gasteiger partial charge in [-0.1, -0.05) is 0 Å². The number of halogens is 1. The molecule has 0 unspecified atom stereocenters. The van der Waals surface area contributed by atoms with Gasteiger partial charge in [-0.25, -0.2) is 14.4 Å². The Morgan fingerprint density at radius 3 is 2.92 bits per heavy atom. The molecule has 3 aromatic rings. The topological polar surface area (TPSA) is 61.9 Å². The third-order valence-corrected chi connectivity index (χ3v) is 5.70. The number of fused-ring (bicyclic) bond motifs is 1. The molecule has 4 rings (SSSR count). The van der Waals surface area contributed by atoms with E-state index in [9.17, 15) is 9.18 Å². The summed E-state index contributed by atoms with van der Waals surface area (Å²) < 4.78 is 13.4. The Kier molecular flexibility index (Phi) is 4.03. The van der Waals surface area contributed by atoms with Crippen LogP contribution in [0, 0.1) is 19.7 Å². The summed E-state index contributed by atoms with van der Waals surface area (Å²) in [6, 6.07) is 4.40. The number of amides is 1. The first-order valence-electron chi connectivity index (χ1n) is 8.43. The summed E-state index contributed by atoms with van der Waals surface area (Å²) in [6.45, 7) is 4.49. The molecule has 1 N–H and O–H groups in total. The summed E-state index contributed by atoms with van der Waals surface area (Å²) in [4.78, 5) is 27.9. The van der Waals surface area contributed by atoms with Gasteiger partial charge < -0.3 is 9.88 Å². The van der Waals surface area contributed by atoms with Gasteiger partial charge in [0.25, 0.3) is 5.91 Å². The molecule has 0 spiro atoms. The van der Waals surface area contributed by atoms with Crippen LogP contribution in [0.3, 0.4) is 0 Å². The summed E-state index contributed by atoms with van der Waals surface area (Å²) in [6.07, 6.45) is 2.87. The fraction of sp³-hybridized carbons (Fsp3) is 0.389. The largest absolute Gasteiger partial charge is 0.340 e. The van der Waals surface area contributed by atoms with E-state index < -0.39 is 0 Å². The summed E-state index contributed by atoms with van der Waals surface area (Å²) >= 11 is 1.44. The summed E-state index contributed by atoms with van der Waals surface area (Å²) in [5, 5.41) is 0.897. The number of rotatable bonds is 2. The first-order chi connectivity index (χ1) is 12.0. The molecule has 0 aliphatic carbocycles. The van der Waals surface area contributed by atoms with Crippen LogP contribution in [0.25, 0.3) is 11.0 Å². The zero-order chi connectivity index (χ0) is 17.6. The maximum absolute atomic E-state index is 13.4. The van der Waals surface area contributed by atoms with E-state index in [0.717, 1.165) is 41.3 Å². The molecule has 1 aromatic carbocycles. The first kappa shape index (κ1) is 16.2. The van der Waals surface area contributed by atoms with E-state index in [1.54, 1.807) is 6.07 Å². The maximum atomic E-state index is 13.4. The predicted molar refractivity (Wildman–Crippen MR) is 95.3 cm³/mol. The van der Waals surface area contributed by atoms with Crippen LogP contribution < -0.4 is 0 Å². The Morgan fingerprint density at radius 1 is 1.32 bits per heavy atom. The molecule has 3 heterocycles. The number of hydrogen-bond donors (Lipinski definition) is 1. The highest BCUT2D eigenvalue weighted by atomic mass is 32.1. The first-order valence-corrected chi connectivity index (χ1v) is 9.25. The van der Waals surface area contributed by atoms with Gasteiger partial charge in [-0.3, -0.25) is 4.79 Å². The van der Waals surface area contributed by atoms with Crippen LogP contribution >= 0.6 is 11.3 Å². The van der Waals surface area contributed by atoms with Gasteiger partial charge >= 0.3 is 0 Å². The number of H-pyrrole nitrogens is 1. The summed E-state index contributed by atoms with van der Waals surface area (Å²) in [7, 11) is 0. The van der Waals surface area contributed by atoms with E-state index in [1.807, 2.05) is 18.7 Å². The Bertz CT molecular complexity index is 948. The van der Waals surface area contributed by atoms with Crippen LogP contribution in [0.4, 0.5) is 4.39 Å². The third-order valence-electron chi connectivity index (χ3n) is 4.64. The molecule has 130 valence electrons. The average molecular weight is 358 g/mol. The van der Waals surface area contributed by atoms with Crippen LogP contribution in [-0.4, -0.2) is 32.3 Å². The molecule has 25 heavy (non-hydrogen) atoms. The lowest BCUT2D eigenvalue weighted by atomic mass is 10.0. The van der Waals surface area contributed by atoms with Gasteiger partial charge in [0.05, 0.1) is 27.8 Å². The van der Waals surface area contributed by atoms with Crippen molar-refractivity contribution >= 4 is 28.3 Å². The maximum Gasteiger partial charge on any atom is 0.266 e. The van der Waals surface area contributed by atoms with Gasteiger partial charge in [0.2, 0.25) is 0 Å². The number of imidazole rings is 1. The molecule has 0 radical (unpaired) electrons. The monoisotopic (exact) mass is 358 g/mol. The zero-order valence-electron chi connectivity index (χ0n) is 14.2. The molecule has 1 amide bonds. The normalized spacial score (nSPS) is 18.0. The second-order valence-electron chi connectivity index (χ2n) is 6.44. The number of hydrogen-bond acceptors (Lipinski definition) is 4. The minimum atomic E-state index is -0.296. The predicted octanol–water partition coefficient (Wildman–Crippen LogP) is 4.14. The van der Waals surface area contributed by atoms with E-state index in [0.29, 0.717) is 16.9 Å². The number of piperidine rings is 1. The fourth-order valence-corrected chi connectivity index (χ4v) is 4.35. The molecule has 1 saturated heterocycles. The molecule has 1 aliphatic rings. The van der Waals surface area contributed by atoms with Crippen molar-refractivity contribution in [1.82, 2.24) is 19.9 Å². The molecule has 2 aromatic heterocycles. The van der Waals surface area contributed by atoms with Crippen molar-refractivity contribution in [3.63, 3.8) is 0 Å². The Labute approximate surface area is 148 Å². The second kappa shape index (κ2) is 6.22. The Morgan fingerprint density at radius 2 is 2.16 bits per heavy atom. The van der Waals surface area contributed by atoms with Crippen molar-refractivity contribution in [3.05, 3.63) is 45.4 Å². The van der Waals surface area contributed by atoms with Crippen LogP contribution in [-0.2, 0) is 0 Å². The lowest BCUT2D eigenvalue weighted by Gasteiger charge is -2.34. The molecule has 0 bridgehead atoms. The van der Waals surface area contributed by atoms with Crippen molar-refractivity contribution in [1.29, 1.82) is 0 Å². The number of nitrogens with zero attached hydrogens (tertiary/aromatic N) is 3. The quantitative estimate of drug-likeness (QED) is 0.749. The van der Waals surface area contributed by atoms with Crippen LogP contribution in [0.15, 0.2) is 18.2 Å². The number of carbonyl (C=O) groups is 1. The van der Waals surface area contributed by atoms with Crippen LogP contribution in [0.1, 0.15) is 51.5 Å². The average Bonchev–Trinajstić information content (AvgIpc) is 3.16. The molecule has 1 aliphatic heterocycles. The number of aromatic amines is 1. The molecule has 1 fully saturated rings. The van der Waals surface area contributed by atoms with Crippen LogP contribution in [0.2, 0.25) is 0 Å². The Hall–Kier alpha value is -2.28. The number of aromatic nitrogens is 3. The highest BCUT2D eigenvalue weighted by Crippen LogP contribution is 2.33. The molecule has 7 heteroatoms. The highest BCUT2D eigenvalue weighted by Gasteiger charge is 2.32. The molecular weight excluding hydrogens is 339 g/mol. The van der Waals surface area contributed by atoms with Gasteiger partial charge in [-0.2, -0.15) is 0 Å². The van der Waals surface area contributed by atoms with Gasteiger partial charge in [0.1, 0.15) is 16.5 Å². The van der Waals surface area contributed by atoms with E-state index in [4.69, 9.17) is 0 Å². The van der Waals surface area contributed by atoms with Crippen molar-refractivity contribution in [2.75, 3.05) is 6.54 Å². The minimum absolute atomic E-state index is 0.0134. The van der Waals surface area contributed by atoms with Crippen molar-refractivity contribution in [3.8, 4) is 0 Å². The van der Waals surface area contributed by atoms with E-state index in [-0.39, 0.29) is 17.8 Å². The van der Waals surface area contributed by atoms with Gasteiger partial charge in [-0.15, -0.1) is 11.3 Å². The zero-order valence-corrected chi connectivity index (χ0v) is 15.0. The number of likely N-dealkylation sites (tertiary alicyclic amines) is 1. The minimum Gasteiger partial charge on any atom is -0.340 e. The summed E-state index contributed by atoms with van der Waals surface area (Å²) in [5.41, 5.74) is 2.17. The number of carbonyl (C=O) groups excluding carboxylic acids is 1. The van der Waals surface area contributed by atoms with Gasteiger partial charge in [-0.05, 0) is 51.3 Å². The van der Waals surface area contributed by atoms with Gasteiger partial charge in [0, 0.05) is 6.54 Å². The van der Waals surface area contributed by atoms with Crippen molar-refractivity contribution < 1.29 is 9.18 Å². The number of aryl methyl sites for hydroxylation is 2. The fourth-order valence-electron chi connectivity index (χ4n) is 3.48. The number of thiazole rings is 1. The molecular formula is C18H19FN4OS. The van der Waals surface area contributed by atoms with E-state index in [1.165, 1.54) is 23.5 Å².